The lowest BCUT2D eigenvalue weighted by Crippen LogP contribution is -2.05. The van der Waals surface area contributed by atoms with Gasteiger partial charge in [0.15, 0.2) is 0 Å². The Morgan fingerprint density at radius 1 is 1.31 bits per heavy atom. The molecule has 2 aromatic heterocycles. The SMILES string of the molecule is CC(C)Oc1ccc(-c2nc(-c3cccc4c(C5CC5C(=O)O)cn(C)c34)no2)cc1Cl. The Balaban J connectivity index is 1.51. The largest absolute Gasteiger partial charge is 0.489 e. The van der Waals surface area contributed by atoms with Gasteiger partial charge in [-0.25, -0.2) is 0 Å². The van der Waals surface area contributed by atoms with E-state index < -0.39 is 5.97 Å². The topological polar surface area (TPSA) is 90.4 Å². The molecule has 0 saturated heterocycles. The highest BCUT2D eigenvalue weighted by atomic mass is 35.5. The van der Waals surface area contributed by atoms with Crippen LogP contribution in [0.1, 0.15) is 31.7 Å². The number of aliphatic carboxylic acids is 1. The minimum atomic E-state index is -0.741. The minimum Gasteiger partial charge on any atom is -0.489 e. The van der Waals surface area contributed by atoms with Crippen molar-refractivity contribution in [3.8, 4) is 28.6 Å². The van der Waals surface area contributed by atoms with E-state index in [-0.39, 0.29) is 17.9 Å². The summed E-state index contributed by atoms with van der Waals surface area (Å²) in [4.78, 5) is 16.0. The quantitative estimate of drug-likeness (QED) is 0.415. The van der Waals surface area contributed by atoms with Crippen molar-refractivity contribution in [2.45, 2.75) is 32.3 Å². The van der Waals surface area contributed by atoms with Crippen molar-refractivity contribution < 1.29 is 19.2 Å². The first-order valence-corrected chi connectivity index (χ1v) is 10.8. The number of carboxylic acids is 1. The summed E-state index contributed by atoms with van der Waals surface area (Å²) in [5.41, 5.74) is 3.52. The predicted octanol–water partition coefficient (Wildman–Crippen LogP) is 5.52. The molecule has 2 unspecified atom stereocenters. The summed E-state index contributed by atoms with van der Waals surface area (Å²) in [6, 6.07) is 11.3. The Morgan fingerprint density at radius 3 is 2.81 bits per heavy atom. The second-order valence-electron chi connectivity index (χ2n) is 8.42. The molecule has 164 valence electrons. The van der Waals surface area contributed by atoms with Gasteiger partial charge in [0.05, 0.1) is 22.6 Å². The Labute approximate surface area is 189 Å². The highest BCUT2D eigenvalue weighted by molar-refractivity contribution is 6.32. The number of aryl methyl sites for hydroxylation is 1. The molecule has 1 saturated carbocycles. The lowest BCUT2D eigenvalue weighted by Gasteiger charge is -2.11. The van der Waals surface area contributed by atoms with Crippen molar-refractivity contribution in [2.75, 3.05) is 0 Å². The van der Waals surface area contributed by atoms with Crippen molar-refractivity contribution in [3.63, 3.8) is 0 Å². The Bertz CT molecular complexity index is 1340. The molecular weight excluding hydrogens is 430 g/mol. The third-order valence-corrected chi connectivity index (χ3v) is 6.04. The molecule has 1 aliphatic carbocycles. The van der Waals surface area contributed by atoms with Crippen molar-refractivity contribution in [2.24, 2.45) is 13.0 Å². The van der Waals surface area contributed by atoms with Crippen LogP contribution in [0.4, 0.5) is 0 Å². The van der Waals surface area contributed by atoms with E-state index in [1.807, 2.05) is 55.9 Å². The van der Waals surface area contributed by atoms with E-state index in [1.54, 1.807) is 12.1 Å². The monoisotopic (exact) mass is 451 g/mol. The van der Waals surface area contributed by atoms with Gasteiger partial charge in [0, 0.05) is 35.7 Å². The van der Waals surface area contributed by atoms with E-state index in [2.05, 4.69) is 10.1 Å². The molecule has 0 spiro atoms. The van der Waals surface area contributed by atoms with Gasteiger partial charge in [0.1, 0.15) is 5.75 Å². The number of aromatic nitrogens is 3. The number of carboxylic acid groups (broad SMARTS) is 1. The summed E-state index contributed by atoms with van der Waals surface area (Å²) in [5.74, 6) is 0.412. The van der Waals surface area contributed by atoms with Gasteiger partial charge in [-0.2, -0.15) is 4.98 Å². The molecule has 8 heteroatoms. The van der Waals surface area contributed by atoms with E-state index >= 15 is 0 Å². The average molecular weight is 452 g/mol. The van der Waals surface area contributed by atoms with Crippen molar-refractivity contribution in [1.29, 1.82) is 0 Å². The molecular formula is C24H22ClN3O4. The number of hydrogen-bond acceptors (Lipinski definition) is 5. The fourth-order valence-corrected chi connectivity index (χ4v) is 4.45. The molecule has 0 bridgehead atoms. The first-order chi connectivity index (χ1) is 15.3. The molecule has 5 rings (SSSR count). The number of para-hydroxylation sites is 1. The van der Waals surface area contributed by atoms with Gasteiger partial charge in [-0.15, -0.1) is 0 Å². The van der Waals surface area contributed by atoms with Crippen LogP contribution in [0.3, 0.4) is 0 Å². The number of halogens is 1. The zero-order valence-corrected chi connectivity index (χ0v) is 18.6. The molecule has 1 N–H and O–H groups in total. The summed E-state index contributed by atoms with van der Waals surface area (Å²) >= 11 is 6.36. The molecule has 2 aromatic carbocycles. The van der Waals surface area contributed by atoms with Crippen LogP contribution >= 0.6 is 11.6 Å². The van der Waals surface area contributed by atoms with Crippen LogP contribution < -0.4 is 4.74 Å². The lowest BCUT2D eigenvalue weighted by atomic mass is 10.0. The van der Waals surface area contributed by atoms with Gasteiger partial charge in [-0.05, 0) is 50.1 Å². The summed E-state index contributed by atoms with van der Waals surface area (Å²) in [7, 11) is 1.95. The summed E-state index contributed by atoms with van der Waals surface area (Å²) in [6.45, 7) is 3.88. The number of hydrogen-bond donors (Lipinski definition) is 1. The summed E-state index contributed by atoms with van der Waals surface area (Å²) in [5, 5.41) is 15.0. The smallest absolute Gasteiger partial charge is 0.307 e. The molecule has 32 heavy (non-hydrogen) atoms. The minimum absolute atomic E-state index is 0.0189. The predicted molar refractivity (Wildman–Crippen MR) is 121 cm³/mol. The molecule has 1 aliphatic rings. The van der Waals surface area contributed by atoms with E-state index in [0.717, 1.165) is 22.0 Å². The van der Waals surface area contributed by atoms with Crippen molar-refractivity contribution in [1.82, 2.24) is 14.7 Å². The standard InChI is InChI=1S/C24H22ClN3O4/c1-12(2)31-20-8-7-13(9-19(20)25)23-26-22(27-32-23)15-6-4-5-14-18(11-28(3)21(14)15)16-10-17(16)24(29)30/h4-9,11-12,16-17H,10H2,1-3H3,(H,29,30). The first kappa shape index (κ1) is 20.6. The van der Waals surface area contributed by atoms with Crippen LogP contribution in [0.15, 0.2) is 47.1 Å². The number of ether oxygens (including phenoxy) is 1. The zero-order chi connectivity index (χ0) is 22.6. The summed E-state index contributed by atoms with van der Waals surface area (Å²) < 4.78 is 13.2. The molecule has 2 heterocycles. The van der Waals surface area contributed by atoms with Crippen LogP contribution in [0.2, 0.25) is 5.02 Å². The van der Waals surface area contributed by atoms with Crippen LogP contribution in [0.5, 0.6) is 5.75 Å². The van der Waals surface area contributed by atoms with Crippen LogP contribution in [0.25, 0.3) is 33.7 Å². The highest BCUT2D eigenvalue weighted by Crippen LogP contribution is 2.50. The van der Waals surface area contributed by atoms with E-state index in [0.29, 0.717) is 34.5 Å². The van der Waals surface area contributed by atoms with Gasteiger partial charge in [-0.3, -0.25) is 4.79 Å². The van der Waals surface area contributed by atoms with Gasteiger partial charge in [0.25, 0.3) is 5.89 Å². The number of rotatable bonds is 6. The lowest BCUT2D eigenvalue weighted by molar-refractivity contribution is -0.138. The number of carbonyl (C=O) groups is 1. The second-order valence-corrected chi connectivity index (χ2v) is 8.83. The van der Waals surface area contributed by atoms with Gasteiger partial charge in [-0.1, -0.05) is 28.9 Å². The highest BCUT2D eigenvalue weighted by Gasteiger charge is 2.45. The molecule has 7 nitrogen and oxygen atoms in total. The number of benzene rings is 2. The fourth-order valence-electron chi connectivity index (χ4n) is 4.22. The third-order valence-electron chi connectivity index (χ3n) is 5.75. The maximum Gasteiger partial charge on any atom is 0.307 e. The van der Waals surface area contributed by atoms with E-state index in [9.17, 15) is 9.90 Å². The Hall–Kier alpha value is -3.32. The first-order valence-electron chi connectivity index (χ1n) is 10.4. The second kappa shape index (κ2) is 7.67. The number of fused-ring (bicyclic) bond motifs is 1. The summed E-state index contributed by atoms with van der Waals surface area (Å²) in [6.07, 6.45) is 2.70. The van der Waals surface area contributed by atoms with E-state index in [1.165, 1.54) is 0 Å². The maximum absolute atomic E-state index is 11.4. The van der Waals surface area contributed by atoms with Gasteiger partial charge in [0.2, 0.25) is 5.82 Å². The van der Waals surface area contributed by atoms with E-state index in [4.69, 9.17) is 20.9 Å². The number of nitrogens with zero attached hydrogens (tertiary/aromatic N) is 3. The molecule has 2 atom stereocenters. The average Bonchev–Trinajstić information content (AvgIpc) is 3.27. The molecule has 0 aliphatic heterocycles. The fraction of sp³-hybridized carbons (Fsp3) is 0.292. The van der Waals surface area contributed by atoms with Crippen molar-refractivity contribution >= 4 is 28.5 Å². The Morgan fingerprint density at radius 2 is 2.12 bits per heavy atom. The van der Waals surface area contributed by atoms with Crippen molar-refractivity contribution in [3.05, 3.63) is 53.2 Å². The maximum atomic E-state index is 11.4. The molecule has 0 amide bonds. The zero-order valence-electron chi connectivity index (χ0n) is 17.9. The molecule has 1 fully saturated rings. The Kier molecular flexibility index (Phi) is 4.93. The molecule has 0 radical (unpaired) electrons. The van der Waals surface area contributed by atoms with Gasteiger partial charge >= 0.3 is 5.97 Å². The normalized spacial score (nSPS) is 17.8. The van der Waals surface area contributed by atoms with Gasteiger partial charge < -0.3 is 18.9 Å². The van der Waals surface area contributed by atoms with Crippen LogP contribution in [-0.4, -0.2) is 31.9 Å². The third kappa shape index (κ3) is 3.52. The van der Waals surface area contributed by atoms with Crippen LogP contribution in [-0.2, 0) is 11.8 Å². The molecule has 4 aromatic rings. The van der Waals surface area contributed by atoms with Crippen LogP contribution in [0, 0.1) is 5.92 Å².